The molecule has 0 saturated carbocycles. The summed E-state index contributed by atoms with van der Waals surface area (Å²) in [5, 5.41) is 10.4. The van der Waals surface area contributed by atoms with Crippen molar-refractivity contribution >= 4 is 22.7 Å². The Hall–Kier alpha value is -3.56. The molecule has 0 atom stereocenters. The second kappa shape index (κ2) is 8.85. The fourth-order valence-corrected chi connectivity index (χ4v) is 4.13. The molecule has 0 fully saturated rings. The van der Waals surface area contributed by atoms with Gasteiger partial charge in [-0.2, -0.15) is 5.26 Å². The Morgan fingerprint density at radius 2 is 1.83 bits per heavy atom. The van der Waals surface area contributed by atoms with E-state index in [0.717, 1.165) is 16.9 Å². The minimum Gasteiger partial charge on any atom is -0.497 e. The van der Waals surface area contributed by atoms with Gasteiger partial charge in [0.05, 0.1) is 36.2 Å². The van der Waals surface area contributed by atoms with Crippen LogP contribution in [0.15, 0.2) is 82.7 Å². The van der Waals surface area contributed by atoms with E-state index in [-0.39, 0.29) is 5.56 Å². The molecule has 148 valence electrons. The van der Waals surface area contributed by atoms with Crippen LogP contribution in [-0.4, -0.2) is 16.7 Å². The van der Waals surface area contributed by atoms with Crippen LogP contribution < -0.4 is 10.3 Å². The summed E-state index contributed by atoms with van der Waals surface area (Å²) in [4.78, 5) is 18.0. The SMILES string of the molecule is COc1ccc(Cn2c(SCc3cccc(C#N)c3)nc3ccccc3c2=O)cc1. The number of ether oxygens (including phenoxy) is 1. The van der Waals surface area contributed by atoms with Gasteiger partial charge in [-0.3, -0.25) is 9.36 Å². The van der Waals surface area contributed by atoms with E-state index in [4.69, 9.17) is 15.0 Å². The summed E-state index contributed by atoms with van der Waals surface area (Å²) in [7, 11) is 1.63. The van der Waals surface area contributed by atoms with Gasteiger partial charge in [0.25, 0.3) is 5.56 Å². The molecule has 0 radical (unpaired) electrons. The molecule has 0 aliphatic rings. The number of nitriles is 1. The summed E-state index contributed by atoms with van der Waals surface area (Å²) in [6, 6.07) is 24.7. The minimum absolute atomic E-state index is 0.0651. The molecule has 4 rings (SSSR count). The normalized spacial score (nSPS) is 10.7. The highest BCUT2D eigenvalue weighted by Gasteiger charge is 2.12. The molecule has 30 heavy (non-hydrogen) atoms. The van der Waals surface area contributed by atoms with Crippen molar-refractivity contribution in [1.82, 2.24) is 9.55 Å². The van der Waals surface area contributed by atoms with E-state index < -0.39 is 0 Å². The Labute approximate surface area is 178 Å². The maximum atomic E-state index is 13.2. The number of hydrogen-bond donors (Lipinski definition) is 0. The first-order valence-corrected chi connectivity index (χ1v) is 10.4. The number of para-hydroxylation sites is 1. The van der Waals surface area contributed by atoms with E-state index >= 15 is 0 Å². The zero-order valence-corrected chi connectivity index (χ0v) is 17.2. The molecule has 6 heteroatoms. The van der Waals surface area contributed by atoms with Gasteiger partial charge in [0, 0.05) is 5.75 Å². The molecule has 0 spiro atoms. The van der Waals surface area contributed by atoms with Gasteiger partial charge in [0.2, 0.25) is 0 Å². The lowest BCUT2D eigenvalue weighted by Gasteiger charge is -2.14. The van der Waals surface area contributed by atoms with Gasteiger partial charge < -0.3 is 4.74 Å². The topological polar surface area (TPSA) is 67.9 Å². The number of benzene rings is 3. The summed E-state index contributed by atoms with van der Waals surface area (Å²) in [5.74, 6) is 1.39. The fraction of sp³-hybridized carbons (Fsp3) is 0.125. The van der Waals surface area contributed by atoms with E-state index in [9.17, 15) is 4.79 Å². The van der Waals surface area contributed by atoms with Crippen molar-refractivity contribution in [3.8, 4) is 11.8 Å². The van der Waals surface area contributed by atoms with Gasteiger partial charge in [-0.1, -0.05) is 48.2 Å². The molecule has 0 unspecified atom stereocenters. The predicted molar refractivity (Wildman–Crippen MR) is 119 cm³/mol. The molecule has 5 nitrogen and oxygen atoms in total. The first-order valence-electron chi connectivity index (χ1n) is 9.42. The zero-order valence-electron chi connectivity index (χ0n) is 16.4. The molecule has 4 aromatic rings. The third-order valence-electron chi connectivity index (χ3n) is 4.75. The molecular formula is C24H19N3O2S. The lowest BCUT2D eigenvalue weighted by Crippen LogP contribution is -2.24. The molecule has 0 bridgehead atoms. The standard InChI is InChI=1S/C24H19N3O2S/c1-29-20-11-9-17(10-12-20)15-27-23(28)21-7-2-3-8-22(21)26-24(27)30-16-19-6-4-5-18(13-19)14-25/h2-13H,15-16H2,1H3. The predicted octanol–water partition coefficient (Wildman–Crippen LogP) is 4.62. The Morgan fingerprint density at radius 3 is 2.60 bits per heavy atom. The van der Waals surface area contributed by atoms with Crippen LogP contribution in [0.25, 0.3) is 10.9 Å². The van der Waals surface area contributed by atoms with E-state index in [1.807, 2.05) is 60.7 Å². The molecule has 1 aromatic heterocycles. The fourth-order valence-electron chi connectivity index (χ4n) is 3.19. The zero-order chi connectivity index (χ0) is 20.9. The molecule has 0 saturated heterocycles. The van der Waals surface area contributed by atoms with Crippen LogP contribution in [0.5, 0.6) is 5.75 Å². The highest BCUT2D eigenvalue weighted by atomic mass is 32.2. The lowest BCUT2D eigenvalue weighted by atomic mass is 10.2. The Morgan fingerprint density at radius 1 is 1.03 bits per heavy atom. The maximum absolute atomic E-state index is 13.2. The molecular weight excluding hydrogens is 394 g/mol. The second-order valence-electron chi connectivity index (χ2n) is 6.75. The highest BCUT2D eigenvalue weighted by molar-refractivity contribution is 7.98. The van der Waals surface area contributed by atoms with Crippen molar-refractivity contribution in [2.24, 2.45) is 0 Å². The molecule has 1 heterocycles. The molecule has 0 N–H and O–H groups in total. The number of fused-ring (bicyclic) bond motifs is 1. The Bertz CT molecular complexity index is 1290. The van der Waals surface area contributed by atoms with Crippen molar-refractivity contribution in [1.29, 1.82) is 5.26 Å². The number of rotatable bonds is 6. The van der Waals surface area contributed by atoms with Crippen LogP contribution in [-0.2, 0) is 12.3 Å². The van der Waals surface area contributed by atoms with Crippen molar-refractivity contribution in [2.45, 2.75) is 17.5 Å². The Kier molecular flexibility index (Phi) is 5.82. The van der Waals surface area contributed by atoms with E-state index in [1.54, 1.807) is 23.8 Å². The number of hydrogen-bond acceptors (Lipinski definition) is 5. The molecule has 0 aliphatic carbocycles. The van der Waals surface area contributed by atoms with Crippen LogP contribution in [0.2, 0.25) is 0 Å². The first kappa shape index (κ1) is 19.7. The molecule has 3 aromatic carbocycles. The molecule has 0 amide bonds. The van der Waals surface area contributed by atoms with Crippen LogP contribution in [0.1, 0.15) is 16.7 Å². The van der Waals surface area contributed by atoms with Crippen LogP contribution in [0.3, 0.4) is 0 Å². The lowest BCUT2D eigenvalue weighted by molar-refractivity contribution is 0.414. The summed E-state index contributed by atoms with van der Waals surface area (Å²) in [6.07, 6.45) is 0. The second-order valence-corrected chi connectivity index (χ2v) is 7.69. The minimum atomic E-state index is -0.0651. The highest BCUT2D eigenvalue weighted by Crippen LogP contribution is 2.24. The summed E-state index contributed by atoms with van der Waals surface area (Å²) in [6.45, 7) is 0.418. The average Bonchev–Trinajstić information content (AvgIpc) is 2.80. The maximum Gasteiger partial charge on any atom is 0.262 e. The third kappa shape index (κ3) is 4.22. The summed E-state index contributed by atoms with van der Waals surface area (Å²) >= 11 is 1.49. The van der Waals surface area contributed by atoms with Gasteiger partial charge >= 0.3 is 0 Å². The summed E-state index contributed by atoms with van der Waals surface area (Å²) < 4.78 is 6.93. The van der Waals surface area contributed by atoms with Crippen molar-refractivity contribution in [3.63, 3.8) is 0 Å². The molecule has 0 aliphatic heterocycles. The summed E-state index contributed by atoms with van der Waals surface area (Å²) in [5.41, 5.74) is 3.24. The van der Waals surface area contributed by atoms with Crippen molar-refractivity contribution < 1.29 is 4.74 Å². The van der Waals surface area contributed by atoms with E-state index in [1.165, 1.54) is 11.8 Å². The van der Waals surface area contributed by atoms with Gasteiger partial charge in [-0.15, -0.1) is 0 Å². The van der Waals surface area contributed by atoms with Crippen molar-refractivity contribution in [3.05, 3.63) is 99.8 Å². The smallest absolute Gasteiger partial charge is 0.262 e. The van der Waals surface area contributed by atoms with Crippen LogP contribution in [0.4, 0.5) is 0 Å². The number of thioether (sulfide) groups is 1. The van der Waals surface area contributed by atoms with Crippen molar-refractivity contribution in [2.75, 3.05) is 7.11 Å². The van der Waals surface area contributed by atoms with Gasteiger partial charge in [0.15, 0.2) is 5.16 Å². The number of nitrogens with zero attached hydrogens (tertiary/aromatic N) is 3. The Balaban J connectivity index is 1.71. The monoisotopic (exact) mass is 413 g/mol. The van der Waals surface area contributed by atoms with Gasteiger partial charge in [-0.25, -0.2) is 4.98 Å². The van der Waals surface area contributed by atoms with Gasteiger partial charge in [0.1, 0.15) is 5.75 Å². The van der Waals surface area contributed by atoms with Crippen LogP contribution in [0, 0.1) is 11.3 Å². The third-order valence-corrected chi connectivity index (χ3v) is 5.80. The van der Waals surface area contributed by atoms with Crippen LogP contribution >= 0.6 is 11.8 Å². The van der Waals surface area contributed by atoms with E-state index in [0.29, 0.717) is 33.9 Å². The quantitative estimate of drug-likeness (QED) is 0.341. The largest absolute Gasteiger partial charge is 0.497 e. The van der Waals surface area contributed by atoms with Gasteiger partial charge in [-0.05, 0) is 47.5 Å². The first-order chi connectivity index (χ1) is 14.7. The van der Waals surface area contributed by atoms with E-state index in [2.05, 4.69) is 6.07 Å². The number of aromatic nitrogens is 2. The number of methoxy groups -OCH3 is 1. The average molecular weight is 414 g/mol.